The third kappa shape index (κ3) is 9.35. The zero-order chi connectivity index (χ0) is 30.5. The van der Waals surface area contributed by atoms with E-state index in [-0.39, 0.29) is 18.3 Å². The maximum absolute atomic E-state index is 13.6. The van der Waals surface area contributed by atoms with Gasteiger partial charge in [-0.2, -0.15) is 0 Å². The lowest BCUT2D eigenvalue weighted by Gasteiger charge is -2.28. The zero-order valence-corrected chi connectivity index (χ0v) is 26.4. The van der Waals surface area contributed by atoms with E-state index >= 15 is 0 Å². The maximum atomic E-state index is 13.6. The van der Waals surface area contributed by atoms with Crippen molar-refractivity contribution in [3.8, 4) is 0 Å². The van der Waals surface area contributed by atoms with Crippen LogP contribution in [0.4, 0.5) is 0 Å². The summed E-state index contributed by atoms with van der Waals surface area (Å²) >= 11 is 0. The van der Waals surface area contributed by atoms with Gasteiger partial charge in [0.15, 0.2) is 0 Å². The Morgan fingerprint density at radius 3 is 1.65 bits per heavy atom. The highest BCUT2D eigenvalue weighted by atomic mass is 31.2. The molecule has 224 valence electrons. The van der Waals surface area contributed by atoms with Crippen molar-refractivity contribution in [2.45, 2.75) is 58.2 Å². The standard InChI is InChI=1S/C37H43N2O3P/c1-37(2,3)42-36(41)34(25-16-27-38-29-30-17-8-4-9-18-30)39-35(40)26-28-43(31-19-10-5-11-20-31,32-21-12-6-13-22-32)33-23-14-7-15-24-33/h4-15,17-24,34,38H,16,25-29H2,1-3H3/p+1/t34-/m0/s1. The topological polar surface area (TPSA) is 67.4 Å². The van der Waals surface area contributed by atoms with Gasteiger partial charge in [-0.25, -0.2) is 4.79 Å². The fourth-order valence-electron chi connectivity index (χ4n) is 5.30. The van der Waals surface area contributed by atoms with E-state index in [1.165, 1.54) is 21.5 Å². The minimum absolute atomic E-state index is 0.139. The first kappa shape index (κ1) is 32.1. The van der Waals surface area contributed by atoms with Crippen LogP contribution in [-0.2, 0) is 20.9 Å². The second-order valence-corrected chi connectivity index (χ2v) is 15.4. The van der Waals surface area contributed by atoms with E-state index in [9.17, 15) is 9.59 Å². The molecular formula is C37H44N2O3P+. The lowest BCUT2D eigenvalue weighted by Crippen LogP contribution is -2.45. The van der Waals surface area contributed by atoms with E-state index in [1.807, 2.05) is 57.2 Å². The van der Waals surface area contributed by atoms with Crippen LogP contribution in [0.25, 0.3) is 0 Å². The van der Waals surface area contributed by atoms with Gasteiger partial charge in [0.25, 0.3) is 0 Å². The first-order valence-corrected chi connectivity index (χ1v) is 17.1. The van der Waals surface area contributed by atoms with Crippen LogP contribution in [0, 0.1) is 0 Å². The molecule has 4 aromatic carbocycles. The van der Waals surface area contributed by atoms with Crippen LogP contribution in [0.15, 0.2) is 121 Å². The van der Waals surface area contributed by atoms with E-state index in [4.69, 9.17) is 4.74 Å². The number of nitrogens with one attached hydrogen (secondary N) is 2. The number of ether oxygens (including phenoxy) is 1. The molecule has 6 heteroatoms. The fraction of sp³-hybridized carbons (Fsp3) is 0.297. The van der Waals surface area contributed by atoms with Crippen LogP contribution in [-0.4, -0.2) is 36.2 Å². The van der Waals surface area contributed by atoms with Gasteiger partial charge in [-0.3, -0.25) is 4.79 Å². The zero-order valence-electron chi connectivity index (χ0n) is 25.5. The summed E-state index contributed by atoms with van der Waals surface area (Å²) in [5, 5.41) is 10.2. The van der Waals surface area contributed by atoms with Gasteiger partial charge in [-0.05, 0) is 82.1 Å². The van der Waals surface area contributed by atoms with Crippen LogP contribution in [0.2, 0.25) is 0 Å². The molecule has 0 aliphatic heterocycles. The molecule has 43 heavy (non-hydrogen) atoms. The Kier molecular flexibility index (Phi) is 11.7. The molecule has 0 saturated heterocycles. The first-order chi connectivity index (χ1) is 20.8. The van der Waals surface area contributed by atoms with Crippen molar-refractivity contribution in [1.29, 1.82) is 0 Å². The Hall–Kier alpha value is -3.79. The van der Waals surface area contributed by atoms with Gasteiger partial charge >= 0.3 is 5.97 Å². The molecule has 0 radical (unpaired) electrons. The minimum atomic E-state index is -2.15. The Balaban J connectivity index is 1.50. The Morgan fingerprint density at radius 1 is 0.721 bits per heavy atom. The smallest absolute Gasteiger partial charge is 0.329 e. The van der Waals surface area contributed by atoms with Crippen molar-refractivity contribution in [3.63, 3.8) is 0 Å². The highest BCUT2D eigenvalue weighted by Crippen LogP contribution is 2.55. The van der Waals surface area contributed by atoms with Gasteiger partial charge in [0.1, 0.15) is 34.8 Å². The van der Waals surface area contributed by atoms with Crippen LogP contribution in [0.5, 0.6) is 0 Å². The molecule has 0 saturated carbocycles. The summed E-state index contributed by atoms with van der Waals surface area (Å²) in [6.07, 6.45) is 2.17. The van der Waals surface area contributed by atoms with Crippen LogP contribution >= 0.6 is 7.26 Å². The Bertz CT molecular complexity index is 1310. The van der Waals surface area contributed by atoms with Crippen molar-refractivity contribution in [2.24, 2.45) is 0 Å². The van der Waals surface area contributed by atoms with Crippen molar-refractivity contribution in [3.05, 3.63) is 127 Å². The van der Waals surface area contributed by atoms with Crippen LogP contribution in [0.3, 0.4) is 0 Å². The molecule has 0 unspecified atom stereocenters. The second-order valence-electron chi connectivity index (χ2n) is 11.7. The summed E-state index contributed by atoms with van der Waals surface area (Å²) < 4.78 is 5.71. The number of rotatable bonds is 14. The van der Waals surface area contributed by atoms with Gasteiger partial charge in [-0.1, -0.05) is 84.9 Å². The molecule has 0 aliphatic rings. The lowest BCUT2D eigenvalue weighted by atomic mass is 10.1. The van der Waals surface area contributed by atoms with Gasteiger partial charge in [0.2, 0.25) is 5.91 Å². The lowest BCUT2D eigenvalue weighted by molar-refractivity contribution is -0.158. The van der Waals surface area contributed by atoms with Gasteiger partial charge in [-0.15, -0.1) is 0 Å². The maximum Gasteiger partial charge on any atom is 0.329 e. The summed E-state index contributed by atoms with van der Waals surface area (Å²) in [4.78, 5) is 26.8. The van der Waals surface area contributed by atoms with Crippen LogP contribution in [0.1, 0.15) is 45.6 Å². The fourth-order valence-corrected chi connectivity index (χ4v) is 9.55. The largest absolute Gasteiger partial charge is 0.458 e. The number of esters is 1. The van der Waals surface area contributed by atoms with E-state index in [2.05, 4.69) is 95.6 Å². The predicted molar refractivity (Wildman–Crippen MR) is 180 cm³/mol. The van der Waals surface area contributed by atoms with Crippen molar-refractivity contribution in [1.82, 2.24) is 10.6 Å². The molecule has 4 rings (SSSR count). The molecule has 0 spiro atoms. The highest BCUT2D eigenvalue weighted by molar-refractivity contribution is 7.95. The third-order valence-electron chi connectivity index (χ3n) is 7.31. The van der Waals surface area contributed by atoms with Crippen molar-refractivity contribution < 1.29 is 14.3 Å². The number of hydrogen-bond donors (Lipinski definition) is 2. The number of amides is 1. The Labute approximate surface area is 257 Å². The molecule has 2 N–H and O–H groups in total. The molecule has 0 aromatic heterocycles. The molecular weight excluding hydrogens is 551 g/mol. The monoisotopic (exact) mass is 595 g/mol. The third-order valence-corrected chi connectivity index (χ3v) is 11.7. The number of hydrogen-bond acceptors (Lipinski definition) is 4. The van der Waals surface area contributed by atoms with Crippen molar-refractivity contribution >= 4 is 35.1 Å². The second kappa shape index (κ2) is 15.6. The molecule has 0 fully saturated rings. The number of carbonyl (C=O) groups excluding carboxylic acids is 2. The quantitative estimate of drug-likeness (QED) is 0.110. The van der Waals surface area contributed by atoms with Crippen molar-refractivity contribution in [2.75, 3.05) is 12.7 Å². The molecule has 4 aromatic rings. The highest BCUT2D eigenvalue weighted by Gasteiger charge is 2.45. The number of benzene rings is 4. The SMILES string of the molecule is CC(C)(C)OC(=O)[C@H](CCCNCc1ccccc1)NC(=O)CC[P+](c1ccccc1)(c1ccccc1)c1ccccc1. The van der Waals surface area contributed by atoms with Gasteiger partial charge in [0, 0.05) is 6.54 Å². The summed E-state index contributed by atoms with van der Waals surface area (Å²) in [6.45, 7) is 7.04. The summed E-state index contributed by atoms with van der Waals surface area (Å²) in [6, 6.07) is 41.1. The van der Waals surface area contributed by atoms with E-state index in [0.29, 0.717) is 12.6 Å². The molecule has 0 aliphatic carbocycles. The van der Waals surface area contributed by atoms with Gasteiger partial charge in [0.05, 0.1) is 12.6 Å². The first-order valence-electron chi connectivity index (χ1n) is 15.1. The summed E-state index contributed by atoms with van der Waals surface area (Å²) in [5.74, 6) is -0.528. The predicted octanol–water partition coefficient (Wildman–Crippen LogP) is 5.77. The molecule has 5 nitrogen and oxygen atoms in total. The van der Waals surface area contributed by atoms with E-state index < -0.39 is 18.9 Å². The van der Waals surface area contributed by atoms with E-state index in [1.54, 1.807) is 0 Å². The average molecular weight is 596 g/mol. The van der Waals surface area contributed by atoms with Gasteiger partial charge < -0.3 is 15.4 Å². The minimum Gasteiger partial charge on any atom is -0.458 e. The Morgan fingerprint density at radius 2 is 1.19 bits per heavy atom. The average Bonchev–Trinajstić information content (AvgIpc) is 3.02. The molecule has 1 atom stereocenters. The van der Waals surface area contributed by atoms with E-state index in [0.717, 1.165) is 19.5 Å². The molecule has 0 bridgehead atoms. The molecule has 0 heterocycles. The normalized spacial score (nSPS) is 12.3. The molecule has 1 amide bonds. The number of carbonyl (C=O) groups is 2. The van der Waals surface area contributed by atoms with Crippen LogP contribution < -0.4 is 26.5 Å². The summed E-state index contributed by atoms with van der Waals surface area (Å²) in [7, 11) is -2.15. The summed E-state index contributed by atoms with van der Waals surface area (Å²) in [5.41, 5.74) is 0.571.